The van der Waals surface area contributed by atoms with Crippen LogP contribution in [0.15, 0.2) is 0 Å². The lowest BCUT2D eigenvalue weighted by molar-refractivity contribution is -0.125. The van der Waals surface area contributed by atoms with Gasteiger partial charge in [0.2, 0.25) is 0 Å². The van der Waals surface area contributed by atoms with Crippen molar-refractivity contribution < 1.29 is 13.2 Å². The van der Waals surface area contributed by atoms with Crippen LogP contribution in [0.2, 0.25) is 0 Å². The molecule has 0 atom stereocenters. The number of rotatable bonds is 4. The molecule has 1 aliphatic rings. The van der Waals surface area contributed by atoms with Gasteiger partial charge in [0, 0.05) is 6.54 Å². The van der Waals surface area contributed by atoms with Crippen molar-refractivity contribution in [3.8, 4) is 0 Å². The van der Waals surface area contributed by atoms with Crippen LogP contribution >= 0.6 is 0 Å². The molecule has 0 aromatic carbocycles. The maximum absolute atomic E-state index is 11.9. The molecule has 1 fully saturated rings. The highest BCUT2D eigenvalue weighted by Gasteiger charge is 2.34. The van der Waals surface area contributed by atoms with E-state index in [4.69, 9.17) is 5.73 Å². The molecule has 0 unspecified atom stereocenters. The Bertz CT molecular complexity index is 173. The van der Waals surface area contributed by atoms with E-state index in [9.17, 15) is 13.2 Å². The van der Waals surface area contributed by atoms with E-state index in [0.717, 1.165) is 25.7 Å². The molecule has 0 spiro atoms. The monoisotopic (exact) mass is 210 g/mol. The fourth-order valence-corrected chi connectivity index (χ4v) is 2.05. The van der Waals surface area contributed by atoms with Crippen molar-refractivity contribution in [3.63, 3.8) is 0 Å². The van der Waals surface area contributed by atoms with Crippen molar-refractivity contribution >= 4 is 0 Å². The largest absolute Gasteiger partial charge is 0.401 e. The SMILES string of the molecule is NCC1(CNCC(F)(F)F)CCCC1. The summed E-state index contributed by atoms with van der Waals surface area (Å²) in [7, 11) is 0. The van der Waals surface area contributed by atoms with E-state index >= 15 is 0 Å². The zero-order valence-electron chi connectivity index (χ0n) is 8.16. The van der Waals surface area contributed by atoms with Gasteiger partial charge < -0.3 is 11.1 Å². The standard InChI is InChI=1S/C9H17F3N2/c10-9(11,12)7-14-6-8(5-13)3-1-2-4-8/h14H,1-7,13H2. The molecule has 0 aromatic rings. The lowest BCUT2D eigenvalue weighted by Gasteiger charge is -2.27. The molecule has 2 nitrogen and oxygen atoms in total. The average Bonchev–Trinajstić information content (AvgIpc) is 2.52. The van der Waals surface area contributed by atoms with Crippen molar-refractivity contribution in [2.24, 2.45) is 11.1 Å². The van der Waals surface area contributed by atoms with Gasteiger partial charge in [-0.25, -0.2) is 0 Å². The molecule has 5 heteroatoms. The third-order valence-corrected chi connectivity index (χ3v) is 2.92. The molecule has 0 heterocycles. The molecule has 1 rings (SSSR count). The molecule has 0 aliphatic heterocycles. The molecule has 0 aromatic heterocycles. The second-order valence-electron chi connectivity index (χ2n) is 4.13. The van der Waals surface area contributed by atoms with E-state index in [2.05, 4.69) is 5.32 Å². The number of nitrogens with one attached hydrogen (secondary N) is 1. The van der Waals surface area contributed by atoms with Gasteiger partial charge in [-0.2, -0.15) is 13.2 Å². The Morgan fingerprint density at radius 2 is 1.79 bits per heavy atom. The zero-order chi connectivity index (χ0) is 10.7. The van der Waals surface area contributed by atoms with Crippen LogP contribution in [0.25, 0.3) is 0 Å². The quantitative estimate of drug-likeness (QED) is 0.740. The first kappa shape index (κ1) is 11.8. The van der Waals surface area contributed by atoms with E-state index in [1.807, 2.05) is 0 Å². The van der Waals surface area contributed by atoms with Gasteiger partial charge in [0.1, 0.15) is 0 Å². The second kappa shape index (κ2) is 4.49. The predicted molar refractivity (Wildman–Crippen MR) is 48.9 cm³/mol. The summed E-state index contributed by atoms with van der Waals surface area (Å²) in [6.07, 6.45) is -0.0348. The molecule has 0 bridgehead atoms. The van der Waals surface area contributed by atoms with Crippen LogP contribution in [0, 0.1) is 5.41 Å². The van der Waals surface area contributed by atoms with Gasteiger partial charge in [-0.05, 0) is 24.8 Å². The number of halogens is 3. The lowest BCUT2D eigenvalue weighted by Crippen LogP contribution is -2.41. The molecule has 1 aliphatic carbocycles. The first-order chi connectivity index (χ1) is 6.47. The summed E-state index contributed by atoms with van der Waals surface area (Å²) in [6, 6.07) is 0. The average molecular weight is 210 g/mol. The van der Waals surface area contributed by atoms with Gasteiger partial charge in [0.15, 0.2) is 0 Å². The summed E-state index contributed by atoms with van der Waals surface area (Å²) in [4.78, 5) is 0. The van der Waals surface area contributed by atoms with Gasteiger partial charge in [-0.1, -0.05) is 12.8 Å². The topological polar surface area (TPSA) is 38.0 Å². The smallest absolute Gasteiger partial charge is 0.330 e. The molecule has 0 saturated heterocycles. The Morgan fingerprint density at radius 3 is 2.21 bits per heavy atom. The van der Waals surface area contributed by atoms with E-state index in [1.165, 1.54) is 0 Å². The van der Waals surface area contributed by atoms with Crippen molar-refractivity contribution in [2.75, 3.05) is 19.6 Å². The summed E-state index contributed by atoms with van der Waals surface area (Å²) in [5.74, 6) is 0. The van der Waals surface area contributed by atoms with Crippen LogP contribution < -0.4 is 11.1 Å². The van der Waals surface area contributed by atoms with E-state index in [0.29, 0.717) is 13.1 Å². The highest BCUT2D eigenvalue weighted by molar-refractivity contribution is 4.87. The molecule has 0 radical (unpaired) electrons. The number of hydrogen-bond acceptors (Lipinski definition) is 2. The highest BCUT2D eigenvalue weighted by Crippen LogP contribution is 2.36. The molecule has 3 N–H and O–H groups in total. The van der Waals surface area contributed by atoms with E-state index in [-0.39, 0.29) is 5.41 Å². The fourth-order valence-electron chi connectivity index (χ4n) is 2.05. The van der Waals surface area contributed by atoms with Gasteiger partial charge in [-0.3, -0.25) is 0 Å². The first-order valence-corrected chi connectivity index (χ1v) is 4.95. The third-order valence-electron chi connectivity index (χ3n) is 2.92. The summed E-state index contributed by atoms with van der Waals surface area (Å²) >= 11 is 0. The Kier molecular flexibility index (Phi) is 3.78. The summed E-state index contributed by atoms with van der Waals surface area (Å²) in [6.45, 7) is -0.0321. The second-order valence-corrected chi connectivity index (χ2v) is 4.13. The van der Waals surface area contributed by atoms with Gasteiger partial charge >= 0.3 is 6.18 Å². The van der Waals surface area contributed by atoms with Crippen molar-refractivity contribution in [1.29, 1.82) is 0 Å². The minimum atomic E-state index is -4.12. The van der Waals surface area contributed by atoms with E-state index < -0.39 is 12.7 Å². The molecule has 84 valence electrons. The van der Waals surface area contributed by atoms with Gasteiger partial charge in [-0.15, -0.1) is 0 Å². The fraction of sp³-hybridized carbons (Fsp3) is 1.00. The van der Waals surface area contributed by atoms with Crippen molar-refractivity contribution in [2.45, 2.75) is 31.9 Å². The first-order valence-electron chi connectivity index (χ1n) is 4.95. The highest BCUT2D eigenvalue weighted by atomic mass is 19.4. The van der Waals surface area contributed by atoms with Gasteiger partial charge in [0.05, 0.1) is 6.54 Å². The summed E-state index contributed by atoms with van der Waals surface area (Å²) in [5, 5.41) is 2.45. The van der Waals surface area contributed by atoms with Crippen molar-refractivity contribution in [1.82, 2.24) is 5.32 Å². The zero-order valence-corrected chi connectivity index (χ0v) is 8.16. The maximum Gasteiger partial charge on any atom is 0.401 e. The van der Waals surface area contributed by atoms with Crippen LogP contribution in [-0.2, 0) is 0 Å². The number of nitrogens with two attached hydrogens (primary N) is 1. The van der Waals surface area contributed by atoms with Crippen LogP contribution in [0.1, 0.15) is 25.7 Å². The Morgan fingerprint density at radius 1 is 1.21 bits per heavy atom. The molecule has 14 heavy (non-hydrogen) atoms. The van der Waals surface area contributed by atoms with Gasteiger partial charge in [0.25, 0.3) is 0 Å². The molecule has 0 amide bonds. The summed E-state index contributed by atoms with van der Waals surface area (Å²) in [5.41, 5.74) is 5.52. The molecular formula is C9H17F3N2. The Hall–Kier alpha value is -0.290. The van der Waals surface area contributed by atoms with Crippen LogP contribution in [-0.4, -0.2) is 25.8 Å². The minimum absolute atomic E-state index is 0.0781. The number of hydrogen-bond donors (Lipinski definition) is 2. The molecular weight excluding hydrogens is 193 g/mol. The number of alkyl halides is 3. The van der Waals surface area contributed by atoms with Crippen LogP contribution in [0.4, 0.5) is 13.2 Å². The normalized spacial score (nSPS) is 21.4. The predicted octanol–water partition coefficient (Wildman–Crippen LogP) is 1.66. The minimum Gasteiger partial charge on any atom is -0.330 e. The maximum atomic E-state index is 11.9. The Labute approximate surface area is 82.0 Å². The van der Waals surface area contributed by atoms with Crippen LogP contribution in [0.3, 0.4) is 0 Å². The third kappa shape index (κ3) is 3.46. The Balaban J connectivity index is 2.28. The summed E-state index contributed by atoms with van der Waals surface area (Å²) < 4.78 is 35.6. The van der Waals surface area contributed by atoms with E-state index in [1.54, 1.807) is 0 Å². The molecule has 1 saturated carbocycles. The lowest BCUT2D eigenvalue weighted by atomic mass is 9.86. The van der Waals surface area contributed by atoms with Crippen LogP contribution in [0.5, 0.6) is 0 Å². The van der Waals surface area contributed by atoms with Crippen molar-refractivity contribution in [3.05, 3.63) is 0 Å².